The van der Waals surface area contributed by atoms with Gasteiger partial charge in [0.2, 0.25) is 5.91 Å². The summed E-state index contributed by atoms with van der Waals surface area (Å²) in [6.45, 7) is 3.47. The summed E-state index contributed by atoms with van der Waals surface area (Å²) in [5, 5.41) is 11.1. The third-order valence-corrected chi connectivity index (χ3v) is 4.82. The van der Waals surface area contributed by atoms with Crippen LogP contribution in [0.15, 0.2) is 17.5 Å². The highest BCUT2D eigenvalue weighted by Crippen LogP contribution is 2.30. The van der Waals surface area contributed by atoms with Gasteiger partial charge in [-0.05, 0) is 44.1 Å². The van der Waals surface area contributed by atoms with Crippen molar-refractivity contribution in [2.24, 2.45) is 5.41 Å². The van der Waals surface area contributed by atoms with Gasteiger partial charge in [0.05, 0.1) is 11.5 Å². The number of aryl methyl sites for hydroxylation is 1. The predicted molar refractivity (Wildman–Crippen MR) is 76.8 cm³/mol. The predicted octanol–water partition coefficient (Wildman–Crippen LogP) is 3.22. The molecule has 3 nitrogen and oxygen atoms in total. The Bertz CT molecular complexity index is 453. The molecule has 0 atom stereocenters. The minimum Gasteiger partial charge on any atom is -0.343 e. The molecule has 1 amide bonds. The molecule has 2 rings (SSSR count). The summed E-state index contributed by atoms with van der Waals surface area (Å²) >= 11 is 1.75. The average molecular weight is 276 g/mol. The number of carbonyl (C=O) groups is 1. The number of amides is 1. The second-order valence-electron chi connectivity index (χ2n) is 5.49. The van der Waals surface area contributed by atoms with Crippen molar-refractivity contribution in [2.45, 2.75) is 39.0 Å². The molecule has 1 aliphatic heterocycles. The molecular weight excluding hydrogens is 256 g/mol. The summed E-state index contributed by atoms with van der Waals surface area (Å²) in [5.74, 6) is 0.247. The summed E-state index contributed by atoms with van der Waals surface area (Å²) in [7, 11) is 0. The van der Waals surface area contributed by atoms with Gasteiger partial charge in [0, 0.05) is 24.4 Å². The van der Waals surface area contributed by atoms with E-state index in [0.717, 1.165) is 38.8 Å². The Hall–Kier alpha value is -1.34. The number of rotatable bonds is 4. The highest BCUT2D eigenvalue weighted by Gasteiger charge is 2.31. The van der Waals surface area contributed by atoms with Crippen molar-refractivity contribution < 1.29 is 4.79 Å². The van der Waals surface area contributed by atoms with Crippen molar-refractivity contribution >= 4 is 17.2 Å². The highest BCUT2D eigenvalue weighted by molar-refractivity contribution is 7.09. The van der Waals surface area contributed by atoms with Crippen LogP contribution >= 0.6 is 11.3 Å². The maximum atomic E-state index is 12.1. The Balaban J connectivity index is 1.71. The van der Waals surface area contributed by atoms with Crippen LogP contribution in [-0.4, -0.2) is 23.9 Å². The molecule has 4 heteroatoms. The highest BCUT2D eigenvalue weighted by atomic mass is 32.1. The van der Waals surface area contributed by atoms with Crippen LogP contribution in [-0.2, 0) is 11.2 Å². The van der Waals surface area contributed by atoms with Crippen LogP contribution in [0.5, 0.6) is 0 Å². The number of likely N-dealkylation sites (tertiary alicyclic amines) is 1. The Morgan fingerprint density at radius 3 is 2.84 bits per heavy atom. The third kappa shape index (κ3) is 3.81. The van der Waals surface area contributed by atoms with Gasteiger partial charge in [-0.1, -0.05) is 6.07 Å². The molecule has 0 aliphatic carbocycles. The van der Waals surface area contributed by atoms with E-state index >= 15 is 0 Å². The summed E-state index contributed by atoms with van der Waals surface area (Å²) in [6.07, 6.45) is 4.15. The molecule has 1 fully saturated rings. The van der Waals surface area contributed by atoms with Gasteiger partial charge in [-0.25, -0.2) is 0 Å². The average Bonchev–Trinajstić information content (AvgIpc) is 2.92. The van der Waals surface area contributed by atoms with Crippen molar-refractivity contribution in [3.05, 3.63) is 22.4 Å². The molecule has 19 heavy (non-hydrogen) atoms. The van der Waals surface area contributed by atoms with E-state index in [-0.39, 0.29) is 11.3 Å². The molecule has 0 N–H and O–H groups in total. The quantitative estimate of drug-likeness (QED) is 0.847. The van der Waals surface area contributed by atoms with Crippen molar-refractivity contribution in [3.8, 4) is 6.07 Å². The molecule has 2 heterocycles. The van der Waals surface area contributed by atoms with Crippen molar-refractivity contribution in [1.29, 1.82) is 5.26 Å². The van der Waals surface area contributed by atoms with Crippen molar-refractivity contribution in [2.75, 3.05) is 13.1 Å². The molecular formula is C15H20N2OS. The molecule has 0 spiro atoms. The van der Waals surface area contributed by atoms with Crippen LogP contribution in [0.2, 0.25) is 0 Å². The van der Waals surface area contributed by atoms with Gasteiger partial charge < -0.3 is 4.90 Å². The zero-order valence-corrected chi connectivity index (χ0v) is 12.2. The molecule has 0 radical (unpaired) electrons. The maximum absolute atomic E-state index is 12.1. The fourth-order valence-electron chi connectivity index (χ4n) is 2.39. The zero-order chi connectivity index (χ0) is 13.7. The molecule has 102 valence electrons. The van der Waals surface area contributed by atoms with E-state index < -0.39 is 0 Å². The molecule has 1 aromatic heterocycles. The molecule has 0 aromatic carbocycles. The Morgan fingerprint density at radius 2 is 2.26 bits per heavy atom. The normalized spacial score (nSPS) is 18.0. The first-order chi connectivity index (χ1) is 9.13. The van der Waals surface area contributed by atoms with Gasteiger partial charge in [0.25, 0.3) is 0 Å². The maximum Gasteiger partial charge on any atom is 0.222 e. The molecule has 0 bridgehead atoms. The number of hydrogen-bond donors (Lipinski definition) is 0. The molecule has 1 aliphatic rings. The largest absolute Gasteiger partial charge is 0.343 e. The van der Waals surface area contributed by atoms with Gasteiger partial charge in [-0.15, -0.1) is 11.3 Å². The van der Waals surface area contributed by atoms with Crippen LogP contribution in [0, 0.1) is 16.7 Å². The Kier molecular flexibility index (Phi) is 4.60. The van der Waals surface area contributed by atoms with Gasteiger partial charge >= 0.3 is 0 Å². The lowest BCUT2D eigenvalue weighted by Gasteiger charge is -2.35. The van der Waals surface area contributed by atoms with Crippen LogP contribution in [0.1, 0.15) is 37.5 Å². The van der Waals surface area contributed by atoms with Gasteiger partial charge in [0.15, 0.2) is 0 Å². The van der Waals surface area contributed by atoms with E-state index in [0.29, 0.717) is 6.42 Å². The topological polar surface area (TPSA) is 44.1 Å². The first-order valence-corrected chi connectivity index (χ1v) is 7.72. The second kappa shape index (κ2) is 6.21. The van der Waals surface area contributed by atoms with E-state index in [4.69, 9.17) is 5.26 Å². The fourth-order valence-corrected chi connectivity index (χ4v) is 3.14. The monoisotopic (exact) mass is 276 g/mol. The standard InChI is InChI=1S/C15H20N2OS/c1-15(12-16)7-9-17(10-8-15)14(18)6-2-4-13-5-3-11-19-13/h3,5,11H,2,4,6-10H2,1H3. The van der Waals surface area contributed by atoms with Gasteiger partial charge in [-0.2, -0.15) is 5.26 Å². The Morgan fingerprint density at radius 1 is 1.53 bits per heavy atom. The van der Waals surface area contributed by atoms with E-state index in [9.17, 15) is 4.79 Å². The fraction of sp³-hybridized carbons (Fsp3) is 0.600. The first kappa shape index (κ1) is 14.1. The summed E-state index contributed by atoms with van der Waals surface area (Å²) in [6, 6.07) is 6.54. The number of hydrogen-bond acceptors (Lipinski definition) is 3. The summed E-state index contributed by atoms with van der Waals surface area (Å²) in [5.41, 5.74) is -0.228. The van der Waals surface area contributed by atoms with Crippen LogP contribution < -0.4 is 0 Å². The van der Waals surface area contributed by atoms with Crippen LogP contribution in [0.4, 0.5) is 0 Å². The van der Waals surface area contributed by atoms with E-state index in [2.05, 4.69) is 23.6 Å². The lowest BCUT2D eigenvalue weighted by molar-refractivity contribution is -0.133. The molecule has 0 unspecified atom stereocenters. The first-order valence-electron chi connectivity index (χ1n) is 6.84. The van der Waals surface area contributed by atoms with Crippen LogP contribution in [0.3, 0.4) is 0 Å². The third-order valence-electron chi connectivity index (χ3n) is 3.88. The van der Waals surface area contributed by atoms with Crippen molar-refractivity contribution in [3.63, 3.8) is 0 Å². The number of nitrogens with zero attached hydrogens (tertiary/aromatic N) is 2. The van der Waals surface area contributed by atoms with Gasteiger partial charge in [-0.3, -0.25) is 4.79 Å². The lowest BCUT2D eigenvalue weighted by Crippen LogP contribution is -2.41. The number of piperidine rings is 1. The number of carbonyl (C=O) groups excluding carboxylic acids is 1. The summed E-state index contributed by atoms with van der Waals surface area (Å²) in [4.78, 5) is 15.3. The zero-order valence-electron chi connectivity index (χ0n) is 11.4. The van der Waals surface area contributed by atoms with Crippen molar-refractivity contribution in [1.82, 2.24) is 4.90 Å². The Labute approximate surface area is 118 Å². The van der Waals surface area contributed by atoms with Gasteiger partial charge in [0.1, 0.15) is 0 Å². The summed E-state index contributed by atoms with van der Waals surface area (Å²) < 4.78 is 0. The SMILES string of the molecule is CC1(C#N)CCN(C(=O)CCCc2cccs2)CC1. The molecule has 1 saturated heterocycles. The molecule has 1 aromatic rings. The second-order valence-corrected chi connectivity index (χ2v) is 6.52. The van der Waals surface area contributed by atoms with E-state index in [1.54, 1.807) is 11.3 Å². The number of nitriles is 1. The van der Waals surface area contributed by atoms with E-state index in [1.165, 1.54) is 4.88 Å². The van der Waals surface area contributed by atoms with E-state index in [1.807, 2.05) is 11.8 Å². The smallest absolute Gasteiger partial charge is 0.222 e. The lowest BCUT2D eigenvalue weighted by atomic mass is 9.82. The van der Waals surface area contributed by atoms with Crippen LogP contribution in [0.25, 0.3) is 0 Å². The minimum atomic E-state index is -0.228. The molecule has 0 saturated carbocycles. The number of thiophene rings is 1. The minimum absolute atomic E-state index is 0.228.